The predicted octanol–water partition coefficient (Wildman–Crippen LogP) is 4.40. The quantitative estimate of drug-likeness (QED) is 0.623. The van der Waals surface area contributed by atoms with Gasteiger partial charge in [0.05, 0.1) is 18.6 Å². The predicted molar refractivity (Wildman–Crippen MR) is 113 cm³/mol. The normalized spacial score (nSPS) is 10.5. The van der Waals surface area contributed by atoms with Gasteiger partial charge in [-0.2, -0.15) is 0 Å². The van der Waals surface area contributed by atoms with Crippen molar-refractivity contribution >= 4 is 28.2 Å². The van der Waals surface area contributed by atoms with E-state index in [1.165, 1.54) is 11.3 Å². The molecule has 2 amide bonds. The van der Waals surface area contributed by atoms with Gasteiger partial charge in [-0.05, 0) is 37.1 Å². The summed E-state index contributed by atoms with van der Waals surface area (Å²) in [4.78, 5) is 25.6. The molecule has 0 radical (unpaired) electrons. The maximum absolute atomic E-state index is 12.5. The molecule has 0 saturated heterocycles. The number of hydrogen-bond acceptors (Lipinski definition) is 4. The lowest BCUT2D eigenvalue weighted by Crippen LogP contribution is -2.18. The van der Waals surface area contributed by atoms with Crippen LogP contribution in [-0.2, 0) is 11.2 Å². The Labute approximate surface area is 168 Å². The van der Waals surface area contributed by atoms with E-state index in [0.717, 1.165) is 27.3 Å². The molecule has 1 aromatic heterocycles. The van der Waals surface area contributed by atoms with Crippen molar-refractivity contribution in [1.29, 1.82) is 0 Å². The molecule has 144 valence electrons. The number of aryl methyl sites for hydroxylation is 1. The number of carbonyl (C=O) groups excluding carboxylic acids is 2. The van der Waals surface area contributed by atoms with Crippen molar-refractivity contribution in [3.05, 3.63) is 70.6 Å². The van der Waals surface area contributed by atoms with Gasteiger partial charge in [0.2, 0.25) is 5.91 Å². The van der Waals surface area contributed by atoms with Crippen molar-refractivity contribution in [3.63, 3.8) is 0 Å². The molecule has 5 nitrogen and oxygen atoms in total. The summed E-state index contributed by atoms with van der Waals surface area (Å²) in [7, 11) is 0. The molecule has 0 saturated carbocycles. The van der Waals surface area contributed by atoms with Crippen LogP contribution < -0.4 is 15.8 Å². The van der Waals surface area contributed by atoms with Crippen molar-refractivity contribution < 1.29 is 14.3 Å². The van der Waals surface area contributed by atoms with Gasteiger partial charge in [-0.3, -0.25) is 9.59 Å². The molecule has 0 fully saturated rings. The second kappa shape index (κ2) is 8.71. The molecule has 0 bridgehead atoms. The molecule has 28 heavy (non-hydrogen) atoms. The van der Waals surface area contributed by atoms with Crippen molar-refractivity contribution in [2.75, 3.05) is 11.9 Å². The average Bonchev–Trinajstić information content (AvgIpc) is 3.00. The largest absolute Gasteiger partial charge is 0.494 e. The number of rotatable bonds is 7. The van der Waals surface area contributed by atoms with Crippen LogP contribution in [0.4, 0.5) is 5.00 Å². The Balaban J connectivity index is 1.82. The summed E-state index contributed by atoms with van der Waals surface area (Å²) >= 11 is 1.36. The van der Waals surface area contributed by atoms with Crippen LogP contribution in [0.25, 0.3) is 11.1 Å². The first kappa shape index (κ1) is 19.6. The second-order valence-corrected chi connectivity index (χ2v) is 7.49. The van der Waals surface area contributed by atoms with Crippen molar-refractivity contribution in [2.24, 2.45) is 5.73 Å². The van der Waals surface area contributed by atoms with Gasteiger partial charge in [0.1, 0.15) is 10.8 Å². The van der Waals surface area contributed by atoms with Crippen molar-refractivity contribution in [2.45, 2.75) is 20.3 Å². The number of ether oxygens (including phenoxy) is 1. The van der Waals surface area contributed by atoms with Gasteiger partial charge >= 0.3 is 0 Å². The fourth-order valence-corrected chi connectivity index (χ4v) is 4.14. The van der Waals surface area contributed by atoms with Crippen LogP contribution in [0.15, 0.2) is 54.6 Å². The highest BCUT2D eigenvalue weighted by Crippen LogP contribution is 2.39. The molecular weight excluding hydrogens is 372 g/mol. The maximum Gasteiger partial charge on any atom is 0.252 e. The smallest absolute Gasteiger partial charge is 0.252 e. The number of amides is 2. The lowest BCUT2D eigenvalue weighted by atomic mass is 10.0. The fourth-order valence-electron chi connectivity index (χ4n) is 3.05. The highest BCUT2D eigenvalue weighted by Gasteiger charge is 2.22. The number of anilines is 1. The zero-order chi connectivity index (χ0) is 20.1. The Bertz CT molecular complexity index is 979. The van der Waals surface area contributed by atoms with Crippen LogP contribution in [0.2, 0.25) is 0 Å². The van der Waals surface area contributed by atoms with Crippen LogP contribution in [-0.4, -0.2) is 18.4 Å². The highest BCUT2D eigenvalue weighted by molar-refractivity contribution is 7.17. The molecule has 3 aromatic rings. The first-order valence-corrected chi connectivity index (χ1v) is 9.81. The number of carbonyl (C=O) groups is 2. The molecule has 0 atom stereocenters. The van der Waals surface area contributed by atoms with E-state index in [0.29, 0.717) is 17.2 Å². The second-order valence-electron chi connectivity index (χ2n) is 6.27. The Morgan fingerprint density at radius 2 is 1.75 bits per heavy atom. The highest BCUT2D eigenvalue weighted by atomic mass is 32.1. The summed E-state index contributed by atoms with van der Waals surface area (Å²) in [6.45, 7) is 4.43. The molecule has 1 heterocycles. The molecule has 3 rings (SSSR count). The Morgan fingerprint density at radius 1 is 1.07 bits per heavy atom. The van der Waals surface area contributed by atoms with Crippen LogP contribution in [0, 0.1) is 6.92 Å². The van der Waals surface area contributed by atoms with Crippen molar-refractivity contribution in [3.8, 4) is 16.9 Å². The number of nitrogens with two attached hydrogens (primary N) is 1. The summed E-state index contributed by atoms with van der Waals surface area (Å²) in [6, 6.07) is 17.0. The maximum atomic E-state index is 12.5. The molecule has 2 aromatic carbocycles. The Morgan fingerprint density at radius 3 is 2.36 bits per heavy atom. The van der Waals surface area contributed by atoms with E-state index in [9.17, 15) is 9.59 Å². The third-order valence-electron chi connectivity index (χ3n) is 4.25. The lowest BCUT2D eigenvalue weighted by molar-refractivity contribution is -0.115. The molecule has 0 aliphatic carbocycles. The molecule has 0 unspecified atom stereocenters. The monoisotopic (exact) mass is 394 g/mol. The summed E-state index contributed by atoms with van der Waals surface area (Å²) in [5.74, 6) is 0.0103. The molecule has 0 aliphatic rings. The topological polar surface area (TPSA) is 81.4 Å². The summed E-state index contributed by atoms with van der Waals surface area (Å²) < 4.78 is 5.41. The van der Waals surface area contributed by atoms with E-state index < -0.39 is 5.91 Å². The van der Waals surface area contributed by atoms with Crippen LogP contribution in [0.5, 0.6) is 5.75 Å². The van der Waals surface area contributed by atoms with Crippen LogP contribution in [0.3, 0.4) is 0 Å². The third kappa shape index (κ3) is 4.40. The summed E-state index contributed by atoms with van der Waals surface area (Å²) in [5, 5.41) is 3.34. The molecule has 0 spiro atoms. The first-order chi connectivity index (χ1) is 13.5. The van der Waals surface area contributed by atoms with E-state index in [2.05, 4.69) is 5.32 Å². The van der Waals surface area contributed by atoms with E-state index in [4.69, 9.17) is 10.5 Å². The zero-order valence-electron chi connectivity index (χ0n) is 15.8. The van der Waals surface area contributed by atoms with Crippen molar-refractivity contribution in [1.82, 2.24) is 0 Å². The Hall–Kier alpha value is -3.12. The average molecular weight is 394 g/mol. The van der Waals surface area contributed by atoms with Gasteiger partial charge in [-0.1, -0.05) is 42.5 Å². The van der Waals surface area contributed by atoms with Gasteiger partial charge in [0, 0.05) is 10.4 Å². The number of primary amides is 1. The van der Waals surface area contributed by atoms with E-state index in [1.54, 1.807) is 0 Å². The number of hydrogen-bond donors (Lipinski definition) is 2. The molecule has 6 heteroatoms. The standard InChI is InChI=1S/C22H22N2O3S/c1-3-27-17-11-9-15(10-12-17)13-18(25)24-22-20(21(23)26)19(14(2)28-22)16-7-5-4-6-8-16/h4-12H,3,13H2,1-2H3,(H2,23,26)(H,24,25). The van der Waals surface area contributed by atoms with E-state index >= 15 is 0 Å². The number of thiophene rings is 1. The molecule has 0 aliphatic heterocycles. The summed E-state index contributed by atoms with van der Waals surface area (Å²) in [5.41, 5.74) is 8.53. The zero-order valence-corrected chi connectivity index (χ0v) is 16.6. The van der Waals surface area contributed by atoms with Gasteiger partial charge < -0.3 is 15.8 Å². The van der Waals surface area contributed by atoms with Gasteiger partial charge in [-0.15, -0.1) is 11.3 Å². The minimum atomic E-state index is -0.556. The van der Waals surface area contributed by atoms with Gasteiger partial charge in [0.15, 0.2) is 0 Å². The molecular formula is C22H22N2O3S. The molecule has 3 N–H and O–H groups in total. The minimum absolute atomic E-state index is 0.197. The van der Waals surface area contributed by atoms with Crippen LogP contribution >= 0.6 is 11.3 Å². The number of nitrogens with one attached hydrogen (secondary N) is 1. The SMILES string of the molecule is CCOc1ccc(CC(=O)Nc2sc(C)c(-c3ccccc3)c2C(N)=O)cc1. The lowest BCUT2D eigenvalue weighted by Gasteiger charge is -2.08. The van der Waals surface area contributed by atoms with E-state index in [-0.39, 0.29) is 12.3 Å². The van der Waals surface area contributed by atoms with Crippen LogP contribution in [0.1, 0.15) is 27.7 Å². The van der Waals surface area contributed by atoms with E-state index in [1.807, 2.05) is 68.4 Å². The first-order valence-electron chi connectivity index (χ1n) is 8.99. The third-order valence-corrected chi connectivity index (χ3v) is 5.27. The van der Waals surface area contributed by atoms with Gasteiger partial charge in [0.25, 0.3) is 5.91 Å². The minimum Gasteiger partial charge on any atom is -0.494 e. The summed E-state index contributed by atoms with van der Waals surface area (Å²) in [6.07, 6.45) is 0.197. The van der Waals surface area contributed by atoms with Gasteiger partial charge in [-0.25, -0.2) is 0 Å². The number of benzene rings is 2. The fraction of sp³-hybridized carbons (Fsp3) is 0.182. The Kier molecular flexibility index (Phi) is 6.11.